The first-order chi connectivity index (χ1) is 15.4. The Balaban J connectivity index is 1.50. The van der Waals surface area contributed by atoms with Gasteiger partial charge in [0.1, 0.15) is 11.6 Å². The average Bonchev–Trinajstić information content (AvgIpc) is 2.79. The Morgan fingerprint density at radius 3 is 2.25 bits per heavy atom. The number of carbonyl (C=O) groups excluding carboxylic acids is 3. The van der Waals surface area contributed by atoms with E-state index in [1.165, 1.54) is 42.5 Å². The van der Waals surface area contributed by atoms with E-state index >= 15 is 0 Å². The lowest BCUT2D eigenvalue weighted by Crippen LogP contribution is -2.22. The summed E-state index contributed by atoms with van der Waals surface area (Å²) in [5.41, 5.74) is 2.00. The molecule has 8 heteroatoms. The van der Waals surface area contributed by atoms with Gasteiger partial charge in [0.25, 0.3) is 11.8 Å². The van der Waals surface area contributed by atoms with Crippen LogP contribution in [-0.4, -0.2) is 24.6 Å². The second-order valence-corrected chi connectivity index (χ2v) is 6.65. The number of nitrogens with one attached hydrogen (secondary N) is 2. The molecule has 0 heterocycles. The van der Waals surface area contributed by atoms with Gasteiger partial charge in [0, 0.05) is 23.4 Å². The van der Waals surface area contributed by atoms with Crippen LogP contribution in [0.2, 0.25) is 0 Å². The molecule has 3 rings (SSSR count). The predicted octanol–water partition coefficient (Wildman–Crippen LogP) is 4.54. The van der Waals surface area contributed by atoms with Gasteiger partial charge in [0.15, 0.2) is 0 Å². The monoisotopic (exact) mass is 436 g/mol. The number of hydrogen-bond acceptors (Lipinski definition) is 5. The molecule has 3 aromatic rings. The Morgan fingerprint density at radius 1 is 0.875 bits per heavy atom. The van der Waals surface area contributed by atoms with Crippen molar-refractivity contribution in [2.45, 2.75) is 13.5 Å². The fourth-order valence-corrected chi connectivity index (χ4v) is 2.74. The van der Waals surface area contributed by atoms with Crippen molar-refractivity contribution in [3.63, 3.8) is 0 Å². The van der Waals surface area contributed by atoms with E-state index in [-0.39, 0.29) is 30.4 Å². The number of rotatable bonds is 7. The zero-order valence-electron chi connectivity index (χ0n) is 17.3. The molecule has 0 saturated heterocycles. The van der Waals surface area contributed by atoms with E-state index in [0.717, 1.165) is 11.6 Å². The Bertz CT molecular complexity index is 1100. The fourth-order valence-electron chi connectivity index (χ4n) is 2.74. The standard InChI is InChI=1S/C24H21FN2O5/c1-2-31-24(30)32-21-12-8-17(9-13-21)22(28)26-15-16-6-10-20(11-7-16)27-23(29)18-4-3-5-19(25)14-18/h3-14H,2,15H2,1H3,(H,26,28)(H,27,29). The van der Waals surface area contributed by atoms with Crippen LogP contribution in [0.1, 0.15) is 33.2 Å². The minimum Gasteiger partial charge on any atom is -0.434 e. The molecule has 7 nitrogen and oxygen atoms in total. The summed E-state index contributed by atoms with van der Waals surface area (Å²) >= 11 is 0. The van der Waals surface area contributed by atoms with Crippen LogP contribution in [0.25, 0.3) is 0 Å². The summed E-state index contributed by atoms with van der Waals surface area (Å²) in [5, 5.41) is 5.48. The van der Waals surface area contributed by atoms with Crippen LogP contribution in [0, 0.1) is 5.82 Å². The van der Waals surface area contributed by atoms with E-state index in [2.05, 4.69) is 15.4 Å². The molecule has 0 spiro atoms. The largest absolute Gasteiger partial charge is 0.513 e. The number of ether oxygens (including phenoxy) is 2. The fraction of sp³-hybridized carbons (Fsp3) is 0.125. The molecule has 0 radical (unpaired) electrons. The highest BCUT2D eigenvalue weighted by Gasteiger charge is 2.09. The zero-order valence-corrected chi connectivity index (χ0v) is 17.3. The molecule has 164 valence electrons. The maximum Gasteiger partial charge on any atom is 0.513 e. The summed E-state index contributed by atoms with van der Waals surface area (Å²) in [6.07, 6.45) is -0.805. The molecule has 0 atom stereocenters. The smallest absolute Gasteiger partial charge is 0.434 e. The molecule has 0 aromatic heterocycles. The molecule has 0 saturated carbocycles. The van der Waals surface area contributed by atoms with Crippen molar-refractivity contribution in [1.82, 2.24) is 5.32 Å². The van der Waals surface area contributed by atoms with E-state index in [0.29, 0.717) is 11.3 Å². The molecule has 0 aliphatic carbocycles. The summed E-state index contributed by atoms with van der Waals surface area (Å²) in [6, 6.07) is 18.4. The van der Waals surface area contributed by atoms with Gasteiger partial charge in [-0.2, -0.15) is 0 Å². The molecule has 0 unspecified atom stereocenters. The second-order valence-electron chi connectivity index (χ2n) is 6.65. The van der Waals surface area contributed by atoms with Gasteiger partial charge in [-0.15, -0.1) is 0 Å². The highest BCUT2D eigenvalue weighted by Crippen LogP contribution is 2.14. The van der Waals surface area contributed by atoms with Crippen LogP contribution in [0.5, 0.6) is 5.75 Å². The Labute approximate surface area is 184 Å². The van der Waals surface area contributed by atoms with Crippen LogP contribution in [0.4, 0.5) is 14.9 Å². The maximum atomic E-state index is 13.3. The first-order valence-corrected chi connectivity index (χ1v) is 9.83. The van der Waals surface area contributed by atoms with Gasteiger partial charge >= 0.3 is 6.16 Å². The van der Waals surface area contributed by atoms with E-state index in [1.54, 1.807) is 31.2 Å². The molecular formula is C24H21FN2O5. The third kappa shape index (κ3) is 6.40. The minimum absolute atomic E-state index is 0.208. The number of hydrogen-bond donors (Lipinski definition) is 2. The van der Waals surface area contributed by atoms with Crippen molar-refractivity contribution in [1.29, 1.82) is 0 Å². The quantitative estimate of drug-likeness (QED) is 0.419. The summed E-state index contributed by atoms with van der Waals surface area (Å²) < 4.78 is 22.9. The highest BCUT2D eigenvalue weighted by molar-refractivity contribution is 6.04. The van der Waals surface area contributed by atoms with E-state index in [1.807, 2.05) is 0 Å². The van der Waals surface area contributed by atoms with Crippen LogP contribution >= 0.6 is 0 Å². The minimum atomic E-state index is -0.805. The maximum absolute atomic E-state index is 13.3. The molecule has 0 bridgehead atoms. The van der Waals surface area contributed by atoms with Crippen LogP contribution < -0.4 is 15.4 Å². The van der Waals surface area contributed by atoms with Gasteiger partial charge in [-0.25, -0.2) is 9.18 Å². The number of anilines is 1. The van der Waals surface area contributed by atoms with Crippen molar-refractivity contribution in [2.75, 3.05) is 11.9 Å². The molecule has 0 aliphatic rings. The SMILES string of the molecule is CCOC(=O)Oc1ccc(C(=O)NCc2ccc(NC(=O)c3cccc(F)c3)cc2)cc1. The summed E-state index contributed by atoms with van der Waals surface area (Å²) in [5.74, 6) is -0.919. The third-order valence-corrected chi connectivity index (χ3v) is 4.33. The lowest BCUT2D eigenvalue weighted by Gasteiger charge is -2.09. The van der Waals surface area contributed by atoms with E-state index < -0.39 is 17.9 Å². The summed E-state index contributed by atoms with van der Waals surface area (Å²) in [4.78, 5) is 35.8. The first-order valence-electron chi connectivity index (χ1n) is 9.83. The number of benzene rings is 3. The van der Waals surface area contributed by atoms with Crippen molar-refractivity contribution >= 4 is 23.7 Å². The molecule has 2 amide bonds. The van der Waals surface area contributed by atoms with E-state index in [9.17, 15) is 18.8 Å². The van der Waals surface area contributed by atoms with Crippen molar-refractivity contribution in [3.05, 3.63) is 95.3 Å². The van der Waals surface area contributed by atoms with E-state index in [4.69, 9.17) is 4.74 Å². The summed E-state index contributed by atoms with van der Waals surface area (Å²) in [6.45, 7) is 2.16. The van der Waals surface area contributed by atoms with Gasteiger partial charge in [-0.05, 0) is 67.1 Å². The van der Waals surface area contributed by atoms with Crippen LogP contribution in [-0.2, 0) is 11.3 Å². The lowest BCUT2D eigenvalue weighted by molar-refractivity contribution is 0.0950. The molecule has 32 heavy (non-hydrogen) atoms. The lowest BCUT2D eigenvalue weighted by atomic mass is 10.1. The number of halogens is 1. The van der Waals surface area contributed by atoms with Gasteiger partial charge < -0.3 is 20.1 Å². The van der Waals surface area contributed by atoms with Gasteiger partial charge in [-0.1, -0.05) is 18.2 Å². The zero-order chi connectivity index (χ0) is 22.9. The molecule has 2 N–H and O–H groups in total. The highest BCUT2D eigenvalue weighted by atomic mass is 19.1. The molecule has 0 aliphatic heterocycles. The third-order valence-electron chi connectivity index (χ3n) is 4.33. The van der Waals surface area contributed by atoms with Crippen molar-refractivity contribution in [3.8, 4) is 5.75 Å². The van der Waals surface area contributed by atoms with Crippen LogP contribution in [0.3, 0.4) is 0 Å². The molecule has 0 fully saturated rings. The number of carbonyl (C=O) groups is 3. The first kappa shape index (κ1) is 22.5. The molecule has 3 aromatic carbocycles. The average molecular weight is 436 g/mol. The van der Waals surface area contributed by atoms with Crippen molar-refractivity contribution in [2.24, 2.45) is 0 Å². The Hall–Kier alpha value is -4.20. The van der Waals surface area contributed by atoms with Crippen molar-refractivity contribution < 1.29 is 28.2 Å². The Kier molecular flexibility index (Phi) is 7.53. The van der Waals surface area contributed by atoms with Gasteiger partial charge in [-0.3, -0.25) is 9.59 Å². The summed E-state index contributed by atoms with van der Waals surface area (Å²) in [7, 11) is 0. The number of amides is 2. The Morgan fingerprint density at radius 2 is 1.59 bits per heavy atom. The predicted molar refractivity (Wildman–Crippen MR) is 116 cm³/mol. The van der Waals surface area contributed by atoms with Gasteiger partial charge in [0.05, 0.1) is 6.61 Å². The topological polar surface area (TPSA) is 93.7 Å². The molecular weight excluding hydrogens is 415 g/mol. The second kappa shape index (κ2) is 10.7. The van der Waals surface area contributed by atoms with Gasteiger partial charge in [0.2, 0.25) is 0 Å². The normalized spacial score (nSPS) is 10.2. The van der Waals surface area contributed by atoms with Crippen LogP contribution in [0.15, 0.2) is 72.8 Å².